The summed E-state index contributed by atoms with van der Waals surface area (Å²) >= 11 is 5.73. The quantitative estimate of drug-likeness (QED) is 0.616. The van der Waals surface area contributed by atoms with Crippen LogP contribution < -0.4 is 4.72 Å². The van der Waals surface area contributed by atoms with Crippen molar-refractivity contribution in [2.75, 3.05) is 19.9 Å². The van der Waals surface area contributed by atoms with E-state index in [1.807, 2.05) is 0 Å². The molecule has 0 saturated heterocycles. The molecule has 3 atom stereocenters. The van der Waals surface area contributed by atoms with Crippen LogP contribution in [0.4, 0.5) is 0 Å². The lowest BCUT2D eigenvalue weighted by atomic mass is 10.1. The van der Waals surface area contributed by atoms with Gasteiger partial charge in [0, 0.05) is 12.7 Å². The first-order valence-electron chi connectivity index (χ1n) is 8.48. The fourth-order valence-electron chi connectivity index (χ4n) is 3.03. The Morgan fingerprint density at radius 2 is 2.11 bits per heavy atom. The van der Waals surface area contributed by atoms with Crippen molar-refractivity contribution in [3.63, 3.8) is 0 Å². The summed E-state index contributed by atoms with van der Waals surface area (Å²) in [5.74, 6) is -0.444. The number of allylic oxidation sites excluding steroid dienone is 3. The van der Waals surface area contributed by atoms with Gasteiger partial charge in [0.15, 0.2) is 12.3 Å². The highest BCUT2D eigenvalue weighted by Crippen LogP contribution is 2.58. The molecular formula is C16H21N4O5PS2. The Kier molecular flexibility index (Phi) is 5.39. The zero-order valence-corrected chi connectivity index (χ0v) is 18.3. The number of carbonyl (C=O) groups excluding carboxylic acids is 1. The number of amides is 1. The van der Waals surface area contributed by atoms with Gasteiger partial charge in [0.25, 0.3) is 5.91 Å². The summed E-state index contributed by atoms with van der Waals surface area (Å²) in [4.78, 5) is 18.4. The highest BCUT2D eigenvalue weighted by atomic mass is 32.4. The van der Waals surface area contributed by atoms with Crippen LogP contribution in [0.5, 0.6) is 0 Å². The van der Waals surface area contributed by atoms with Gasteiger partial charge in [-0.1, -0.05) is 0 Å². The zero-order chi connectivity index (χ0) is 20.9. The second-order valence-electron chi connectivity index (χ2n) is 6.57. The maximum atomic E-state index is 12.6. The van der Waals surface area contributed by atoms with Crippen molar-refractivity contribution in [1.82, 2.24) is 9.62 Å². The van der Waals surface area contributed by atoms with E-state index in [2.05, 4.69) is 14.5 Å². The molecule has 2 N–H and O–H groups in total. The zero-order valence-electron chi connectivity index (χ0n) is 15.8. The molecule has 28 heavy (non-hydrogen) atoms. The molecule has 0 radical (unpaired) electrons. The Labute approximate surface area is 168 Å². The SMILES string of the molecule is CCOP1(=S)N=C(C2=C(O)C(C)N(C)C2=O)N=C2C=CC(NS(C)(=O)=O)=CC21. The summed E-state index contributed by atoms with van der Waals surface area (Å²) in [6, 6.07) is -0.486. The van der Waals surface area contributed by atoms with Crippen LogP contribution in [0.2, 0.25) is 0 Å². The van der Waals surface area contributed by atoms with Crippen molar-refractivity contribution in [3.05, 3.63) is 35.3 Å². The van der Waals surface area contributed by atoms with Crippen molar-refractivity contribution in [2.24, 2.45) is 9.76 Å². The van der Waals surface area contributed by atoms with Gasteiger partial charge in [0.05, 0.1) is 30.3 Å². The summed E-state index contributed by atoms with van der Waals surface area (Å²) in [6.07, 6.45) is 2.94. The highest BCUT2D eigenvalue weighted by molar-refractivity contribution is 8.12. The molecule has 3 aliphatic rings. The van der Waals surface area contributed by atoms with E-state index < -0.39 is 28.1 Å². The predicted octanol–water partition coefficient (Wildman–Crippen LogP) is 1.23. The van der Waals surface area contributed by atoms with Gasteiger partial charge in [0.1, 0.15) is 11.3 Å². The van der Waals surface area contributed by atoms with Gasteiger partial charge in [-0.15, -0.1) is 0 Å². The van der Waals surface area contributed by atoms with E-state index in [0.29, 0.717) is 18.0 Å². The van der Waals surface area contributed by atoms with Gasteiger partial charge in [-0.25, -0.2) is 18.2 Å². The summed E-state index contributed by atoms with van der Waals surface area (Å²) in [6.45, 7) is 3.77. The summed E-state index contributed by atoms with van der Waals surface area (Å²) in [5.41, 5.74) is 0.352. The van der Waals surface area contributed by atoms with Gasteiger partial charge in [-0.05, 0) is 43.9 Å². The molecule has 0 aromatic rings. The number of aliphatic imine (C=N–C) groups is 1. The number of aliphatic hydroxyl groups excluding tert-OH is 1. The standard InChI is InChI=1S/C16H21N4O5PS2/c1-5-25-26(27)12-8-10(19-28(4,23)24)6-7-11(12)17-15(18-26)13-14(21)9(2)20(3)16(13)22/h6-9,12,19,21H,5H2,1-4H3. The minimum Gasteiger partial charge on any atom is -0.509 e. The van der Waals surface area contributed by atoms with Crippen LogP contribution in [0.15, 0.2) is 45.0 Å². The molecule has 0 aromatic carbocycles. The molecule has 152 valence electrons. The van der Waals surface area contributed by atoms with Crippen LogP contribution in [0.25, 0.3) is 0 Å². The minimum atomic E-state index is -3.46. The van der Waals surface area contributed by atoms with E-state index >= 15 is 0 Å². The third-order valence-electron chi connectivity index (χ3n) is 4.50. The van der Waals surface area contributed by atoms with E-state index in [-0.39, 0.29) is 23.1 Å². The molecule has 3 rings (SSSR count). The van der Waals surface area contributed by atoms with Crippen molar-refractivity contribution >= 4 is 45.7 Å². The average Bonchev–Trinajstić information content (AvgIpc) is 2.77. The van der Waals surface area contributed by atoms with Crippen LogP contribution in [-0.4, -0.2) is 67.5 Å². The van der Waals surface area contributed by atoms with E-state index in [0.717, 1.165) is 6.26 Å². The normalized spacial score (nSPS) is 30.1. The minimum absolute atomic E-state index is 0.0207. The third-order valence-corrected chi connectivity index (χ3v) is 8.56. The van der Waals surface area contributed by atoms with Crippen molar-refractivity contribution in [2.45, 2.75) is 25.5 Å². The lowest BCUT2D eigenvalue weighted by molar-refractivity contribution is -0.125. The first-order valence-corrected chi connectivity index (χ1v) is 13.1. The lowest BCUT2D eigenvalue weighted by Crippen LogP contribution is -2.32. The molecule has 0 fully saturated rings. The van der Waals surface area contributed by atoms with Crippen LogP contribution in [-0.2, 0) is 31.1 Å². The van der Waals surface area contributed by atoms with Gasteiger partial charge < -0.3 is 14.5 Å². The molecule has 0 saturated carbocycles. The van der Waals surface area contributed by atoms with Crippen LogP contribution in [0, 0.1) is 0 Å². The smallest absolute Gasteiger partial charge is 0.261 e. The first-order chi connectivity index (χ1) is 13.0. The van der Waals surface area contributed by atoms with Crippen LogP contribution >= 0.6 is 6.42 Å². The fourth-order valence-corrected chi connectivity index (χ4v) is 6.60. The summed E-state index contributed by atoms with van der Waals surface area (Å²) in [5, 5.41) is 10.4. The Bertz CT molecular complexity index is 1040. The van der Waals surface area contributed by atoms with Gasteiger partial charge in [0.2, 0.25) is 10.0 Å². The number of hydrogen-bond donors (Lipinski definition) is 2. The Balaban J connectivity index is 2.08. The Morgan fingerprint density at radius 1 is 1.43 bits per heavy atom. The highest BCUT2D eigenvalue weighted by Gasteiger charge is 2.42. The van der Waals surface area contributed by atoms with Crippen molar-refractivity contribution < 1.29 is 22.8 Å². The molecule has 2 aliphatic heterocycles. The largest absolute Gasteiger partial charge is 0.509 e. The first kappa shape index (κ1) is 20.9. The van der Waals surface area contributed by atoms with Gasteiger partial charge >= 0.3 is 0 Å². The number of amidine groups is 1. The number of hydrogen-bond acceptors (Lipinski definition) is 7. The topological polar surface area (TPSA) is 121 Å². The number of carbonyl (C=O) groups is 1. The van der Waals surface area contributed by atoms with E-state index in [1.165, 1.54) is 4.90 Å². The average molecular weight is 444 g/mol. The maximum absolute atomic E-state index is 12.6. The van der Waals surface area contributed by atoms with Gasteiger partial charge in [-0.2, -0.15) is 0 Å². The second kappa shape index (κ2) is 7.22. The fraction of sp³-hybridized carbons (Fsp3) is 0.438. The Morgan fingerprint density at radius 3 is 2.64 bits per heavy atom. The monoisotopic (exact) mass is 444 g/mol. The lowest BCUT2D eigenvalue weighted by Gasteiger charge is -2.31. The molecule has 0 aromatic heterocycles. The summed E-state index contributed by atoms with van der Waals surface area (Å²) < 4.78 is 35.8. The molecule has 0 spiro atoms. The number of nitrogens with zero attached hydrogens (tertiary/aromatic N) is 3. The van der Waals surface area contributed by atoms with Crippen molar-refractivity contribution in [1.29, 1.82) is 0 Å². The number of rotatable bonds is 5. The molecule has 12 heteroatoms. The predicted molar refractivity (Wildman–Crippen MR) is 112 cm³/mol. The molecule has 1 aliphatic carbocycles. The Hall–Kier alpha value is -1.81. The van der Waals surface area contributed by atoms with E-state index in [1.54, 1.807) is 39.1 Å². The van der Waals surface area contributed by atoms with Crippen molar-refractivity contribution in [3.8, 4) is 0 Å². The molecule has 9 nitrogen and oxygen atoms in total. The number of sulfonamides is 1. The van der Waals surface area contributed by atoms with Crippen LogP contribution in [0.3, 0.4) is 0 Å². The van der Waals surface area contributed by atoms with Gasteiger partial charge in [-0.3, -0.25) is 9.52 Å². The summed E-state index contributed by atoms with van der Waals surface area (Å²) in [7, 11) is -1.88. The number of likely N-dealkylation sites (N-methyl/N-ethyl adjacent to an activating group) is 1. The molecule has 2 heterocycles. The number of fused-ring (bicyclic) bond motifs is 1. The molecular weight excluding hydrogens is 423 g/mol. The second-order valence-corrected chi connectivity index (χ2v) is 12.0. The molecule has 3 unspecified atom stereocenters. The number of nitrogens with one attached hydrogen (secondary N) is 1. The van der Waals surface area contributed by atoms with E-state index in [9.17, 15) is 18.3 Å². The molecule has 1 amide bonds. The third kappa shape index (κ3) is 3.71. The maximum Gasteiger partial charge on any atom is 0.261 e. The number of aliphatic hydroxyl groups is 1. The van der Waals surface area contributed by atoms with E-state index in [4.69, 9.17) is 16.3 Å². The molecule has 0 bridgehead atoms. The van der Waals surface area contributed by atoms with Crippen LogP contribution in [0.1, 0.15) is 13.8 Å².